The number of carbonyl (C=O) groups is 1. The molecule has 1 N–H and O–H groups in total. The second-order valence-electron chi connectivity index (χ2n) is 9.53. The maximum absolute atomic E-state index is 13.4. The topological polar surface area (TPSA) is 56.8 Å². The largest absolute Gasteiger partial charge is 0.573 e. The second kappa shape index (κ2) is 13.5. The molecule has 0 aromatic heterocycles. The highest BCUT2D eigenvalue weighted by molar-refractivity contribution is 5.78. The summed E-state index contributed by atoms with van der Waals surface area (Å²) >= 11 is 0. The second-order valence-corrected chi connectivity index (χ2v) is 9.53. The van der Waals surface area contributed by atoms with E-state index in [9.17, 15) is 31.1 Å². The van der Waals surface area contributed by atoms with Crippen LogP contribution >= 0.6 is 0 Å². The number of nitrogens with one attached hydrogen (secondary N) is 1. The summed E-state index contributed by atoms with van der Waals surface area (Å²) in [4.78, 5) is 13.4. The summed E-state index contributed by atoms with van der Waals surface area (Å²) in [7, 11) is 0. The van der Waals surface area contributed by atoms with E-state index in [0.29, 0.717) is 11.3 Å². The van der Waals surface area contributed by atoms with Crippen LogP contribution in [0.3, 0.4) is 0 Å². The maximum atomic E-state index is 13.4. The molecule has 11 heteroatoms. The van der Waals surface area contributed by atoms with Crippen LogP contribution in [-0.4, -0.2) is 25.2 Å². The van der Waals surface area contributed by atoms with Crippen molar-refractivity contribution in [2.45, 2.75) is 37.5 Å². The Hall–Kier alpha value is -4.67. The van der Waals surface area contributed by atoms with E-state index < -0.39 is 35.7 Å². The van der Waals surface area contributed by atoms with Crippen molar-refractivity contribution in [3.8, 4) is 17.2 Å². The Morgan fingerprint density at radius 1 is 0.628 bits per heavy atom. The quantitative estimate of drug-likeness (QED) is 0.132. The smallest absolute Gasteiger partial charge is 0.494 e. The number of para-hydroxylation sites is 1. The average Bonchev–Trinajstić information content (AvgIpc) is 2.94. The van der Waals surface area contributed by atoms with Gasteiger partial charge in [0, 0.05) is 12.8 Å². The van der Waals surface area contributed by atoms with E-state index in [4.69, 9.17) is 4.74 Å². The lowest BCUT2D eigenvalue weighted by molar-refractivity contribution is -0.275. The molecule has 0 spiro atoms. The summed E-state index contributed by atoms with van der Waals surface area (Å²) in [6.45, 7) is 0.201. The molecule has 0 saturated heterocycles. The van der Waals surface area contributed by atoms with Crippen LogP contribution in [0.2, 0.25) is 0 Å². The molecule has 0 radical (unpaired) electrons. The van der Waals surface area contributed by atoms with Gasteiger partial charge in [-0.05, 0) is 59.5 Å². The highest BCUT2D eigenvalue weighted by Crippen LogP contribution is 2.38. The van der Waals surface area contributed by atoms with Crippen molar-refractivity contribution in [1.82, 2.24) is 5.32 Å². The first-order chi connectivity index (χ1) is 20.4. The third kappa shape index (κ3) is 9.42. The lowest BCUT2D eigenvalue weighted by atomic mass is 9.77. The molecule has 5 nitrogen and oxygen atoms in total. The van der Waals surface area contributed by atoms with E-state index in [0.717, 1.165) is 24.3 Å². The molecule has 0 heterocycles. The molecule has 0 saturated carbocycles. The average molecular weight is 604 g/mol. The van der Waals surface area contributed by atoms with Crippen molar-refractivity contribution in [3.05, 3.63) is 126 Å². The zero-order valence-electron chi connectivity index (χ0n) is 22.6. The molecular formula is C32H27F6NO4. The fourth-order valence-electron chi connectivity index (χ4n) is 4.62. The molecule has 0 aliphatic rings. The van der Waals surface area contributed by atoms with E-state index >= 15 is 0 Å². The van der Waals surface area contributed by atoms with Crippen LogP contribution < -0.4 is 19.5 Å². The first kappa shape index (κ1) is 31.3. The summed E-state index contributed by atoms with van der Waals surface area (Å²) < 4.78 is 92.7. The lowest BCUT2D eigenvalue weighted by Gasteiger charge is -2.37. The molecule has 226 valence electrons. The first-order valence-corrected chi connectivity index (χ1v) is 13.2. The number of halogens is 6. The number of alkyl halides is 6. The molecule has 0 aliphatic carbocycles. The van der Waals surface area contributed by atoms with Gasteiger partial charge >= 0.3 is 12.7 Å². The van der Waals surface area contributed by atoms with Gasteiger partial charge in [0.1, 0.15) is 17.2 Å². The van der Waals surface area contributed by atoms with E-state index in [1.807, 2.05) is 6.07 Å². The molecule has 1 amide bonds. The fourth-order valence-corrected chi connectivity index (χ4v) is 4.62. The summed E-state index contributed by atoms with van der Waals surface area (Å²) in [6, 6.07) is 27.6. The maximum Gasteiger partial charge on any atom is 0.573 e. The minimum absolute atomic E-state index is 0.0228. The van der Waals surface area contributed by atoms with Gasteiger partial charge < -0.3 is 19.5 Å². The van der Waals surface area contributed by atoms with Gasteiger partial charge in [0.25, 0.3) is 0 Å². The molecule has 4 rings (SSSR count). The molecule has 0 fully saturated rings. The molecule has 4 aromatic rings. The normalized spacial score (nSPS) is 12.0. The summed E-state index contributed by atoms with van der Waals surface area (Å²) in [5, 5.41) is 2.92. The minimum Gasteiger partial charge on any atom is -0.494 e. The molecule has 4 aromatic carbocycles. The predicted octanol–water partition coefficient (Wildman–Crippen LogP) is 7.95. The number of benzene rings is 4. The molecule has 0 atom stereocenters. The van der Waals surface area contributed by atoms with Crippen molar-refractivity contribution in [2.75, 3.05) is 6.61 Å². The van der Waals surface area contributed by atoms with Crippen LogP contribution in [0.1, 0.15) is 29.5 Å². The highest BCUT2D eigenvalue weighted by atomic mass is 19.4. The SMILES string of the molecule is O=C(CCCOc1ccccc1)NC(Cc1ccccc1)(c1cccc(OC(F)(F)F)c1)c1cccc(OC(F)(F)F)c1. The highest BCUT2D eigenvalue weighted by Gasteiger charge is 2.39. The summed E-state index contributed by atoms with van der Waals surface area (Å²) in [5.74, 6) is -1.01. The zero-order chi connectivity index (χ0) is 30.9. The van der Waals surface area contributed by atoms with E-state index in [-0.39, 0.29) is 37.0 Å². The Balaban J connectivity index is 1.74. The van der Waals surface area contributed by atoms with E-state index in [2.05, 4.69) is 14.8 Å². The van der Waals surface area contributed by atoms with Gasteiger partial charge in [-0.25, -0.2) is 0 Å². The number of amides is 1. The van der Waals surface area contributed by atoms with Gasteiger partial charge in [0.05, 0.1) is 12.1 Å². The number of hydrogen-bond acceptors (Lipinski definition) is 4. The standard InChI is InChI=1S/C32H27F6NO4/c33-31(34,35)42-27-16-7-12-24(20-27)30(22-23-10-3-1-4-11-23,25-13-8-17-28(21-25)43-32(36,37)38)39-29(40)18-9-19-41-26-14-5-2-6-15-26/h1-8,10-17,20-21H,9,18-19,22H2,(H,39,40). The Bertz CT molecular complexity index is 1420. The number of rotatable bonds is 12. The Morgan fingerprint density at radius 2 is 1.12 bits per heavy atom. The molecular weight excluding hydrogens is 576 g/mol. The molecule has 0 aliphatic heterocycles. The van der Waals surface area contributed by atoms with Crippen LogP contribution in [0.5, 0.6) is 17.2 Å². The van der Waals surface area contributed by atoms with Crippen molar-refractivity contribution in [2.24, 2.45) is 0 Å². The van der Waals surface area contributed by atoms with Crippen LogP contribution in [0.15, 0.2) is 109 Å². The van der Waals surface area contributed by atoms with E-state index in [1.165, 1.54) is 24.3 Å². The van der Waals surface area contributed by atoms with Gasteiger partial charge in [-0.1, -0.05) is 72.8 Å². The van der Waals surface area contributed by atoms with Crippen molar-refractivity contribution in [1.29, 1.82) is 0 Å². The zero-order valence-corrected chi connectivity index (χ0v) is 22.6. The van der Waals surface area contributed by atoms with Crippen molar-refractivity contribution >= 4 is 5.91 Å². The Kier molecular flexibility index (Phi) is 9.84. The molecule has 0 bridgehead atoms. The van der Waals surface area contributed by atoms with Crippen LogP contribution in [-0.2, 0) is 16.8 Å². The fraction of sp³-hybridized carbons (Fsp3) is 0.219. The van der Waals surface area contributed by atoms with Crippen LogP contribution in [0.4, 0.5) is 26.3 Å². The Morgan fingerprint density at radius 3 is 1.63 bits per heavy atom. The van der Waals surface area contributed by atoms with Gasteiger partial charge in [0.2, 0.25) is 5.91 Å². The molecule has 0 unspecified atom stereocenters. The number of ether oxygens (including phenoxy) is 3. The van der Waals surface area contributed by atoms with Crippen molar-refractivity contribution in [3.63, 3.8) is 0 Å². The first-order valence-electron chi connectivity index (χ1n) is 13.2. The lowest BCUT2D eigenvalue weighted by Crippen LogP contribution is -2.48. The number of carbonyl (C=O) groups excluding carboxylic acids is 1. The molecule has 43 heavy (non-hydrogen) atoms. The summed E-state index contributed by atoms with van der Waals surface area (Å²) in [6.07, 6.45) is -9.77. The monoisotopic (exact) mass is 603 g/mol. The number of hydrogen-bond donors (Lipinski definition) is 1. The van der Waals surface area contributed by atoms with Crippen LogP contribution in [0.25, 0.3) is 0 Å². The van der Waals surface area contributed by atoms with Gasteiger partial charge in [-0.15, -0.1) is 26.3 Å². The Labute approximate surface area is 244 Å². The van der Waals surface area contributed by atoms with Crippen LogP contribution in [0, 0.1) is 0 Å². The van der Waals surface area contributed by atoms with E-state index in [1.54, 1.807) is 54.6 Å². The van der Waals surface area contributed by atoms with Gasteiger partial charge in [-0.3, -0.25) is 4.79 Å². The summed E-state index contributed by atoms with van der Waals surface area (Å²) in [5.41, 5.74) is -0.680. The van der Waals surface area contributed by atoms with Gasteiger partial charge in [-0.2, -0.15) is 0 Å². The van der Waals surface area contributed by atoms with Crippen molar-refractivity contribution < 1.29 is 45.3 Å². The minimum atomic E-state index is -5.00. The third-order valence-corrected chi connectivity index (χ3v) is 6.35. The van der Waals surface area contributed by atoms with Gasteiger partial charge in [0.15, 0.2) is 0 Å². The third-order valence-electron chi connectivity index (χ3n) is 6.35. The predicted molar refractivity (Wildman–Crippen MR) is 146 cm³/mol.